The number of unbranched alkanes of at least 4 members (excludes halogenated alkanes) is 1. The molecule has 8 nitrogen and oxygen atoms in total. The second-order valence-electron chi connectivity index (χ2n) is 5.59. The second-order valence-corrected chi connectivity index (χ2v) is 8.15. The summed E-state index contributed by atoms with van der Waals surface area (Å²) in [6.07, 6.45) is -0.566. The molecular formula is C14H28NO7P. The van der Waals surface area contributed by atoms with E-state index in [-0.39, 0.29) is 25.0 Å². The molecule has 0 aliphatic heterocycles. The number of hydrogen-bond donors (Lipinski definition) is 3. The Balaban J connectivity index is 4.06. The van der Waals surface area contributed by atoms with Crippen LogP contribution in [0.15, 0.2) is 0 Å². The third-order valence-electron chi connectivity index (χ3n) is 3.00. The standard InChI is InChI=1S/C14H28NO7P/c1-5-6-9-23(19,20)12(16)7-8-15-14(18)22-11(4)21-13(17)10(2)3/h10-12,16H,5-9H2,1-4H3,(H,15,18)(H,19,20)/t11-,12-/m0/s1. The molecule has 3 atom stereocenters. The maximum Gasteiger partial charge on any atom is 0.410 e. The zero-order valence-corrected chi connectivity index (χ0v) is 15.0. The van der Waals surface area contributed by atoms with Crippen LogP contribution in [0.4, 0.5) is 4.79 Å². The van der Waals surface area contributed by atoms with Crippen LogP contribution >= 0.6 is 7.37 Å². The number of esters is 1. The van der Waals surface area contributed by atoms with Crippen molar-refractivity contribution >= 4 is 19.4 Å². The van der Waals surface area contributed by atoms with Crippen LogP contribution in [0, 0.1) is 5.92 Å². The molecule has 0 aromatic rings. The molecule has 0 aliphatic carbocycles. The van der Waals surface area contributed by atoms with E-state index >= 15 is 0 Å². The lowest BCUT2D eigenvalue weighted by Gasteiger charge is -2.19. The second kappa shape index (κ2) is 10.6. The summed E-state index contributed by atoms with van der Waals surface area (Å²) < 4.78 is 21.5. The van der Waals surface area contributed by atoms with E-state index in [1.165, 1.54) is 6.92 Å². The van der Waals surface area contributed by atoms with Gasteiger partial charge in [0.15, 0.2) is 0 Å². The number of nitrogens with one attached hydrogen (secondary N) is 1. The largest absolute Gasteiger partial charge is 0.425 e. The molecule has 23 heavy (non-hydrogen) atoms. The van der Waals surface area contributed by atoms with Crippen molar-refractivity contribution in [3.05, 3.63) is 0 Å². The SMILES string of the molecule is CCCCP(=O)(O)[C@H](O)CCNC(=O)O[C@@H](C)OC(=O)C(C)C. The van der Waals surface area contributed by atoms with Gasteiger partial charge in [-0.25, -0.2) is 4.79 Å². The molecule has 9 heteroatoms. The molecule has 0 aliphatic rings. The first kappa shape index (κ1) is 21.9. The van der Waals surface area contributed by atoms with Crippen LogP contribution in [0.25, 0.3) is 0 Å². The van der Waals surface area contributed by atoms with E-state index in [1.807, 2.05) is 6.92 Å². The monoisotopic (exact) mass is 353 g/mol. The molecule has 0 saturated heterocycles. The molecule has 0 radical (unpaired) electrons. The molecule has 0 saturated carbocycles. The predicted molar refractivity (Wildman–Crippen MR) is 85.1 cm³/mol. The molecule has 0 spiro atoms. The van der Waals surface area contributed by atoms with Gasteiger partial charge < -0.3 is 24.8 Å². The summed E-state index contributed by atoms with van der Waals surface area (Å²) in [7, 11) is -3.62. The fourth-order valence-electron chi connectivity index (χ4n) is 1.55. The molecule has 0 bridgehead atoms. The first-order chi connectivity index (χ1) is 10.6. The van der Waals surface area contributed by atoms with Crippen LogP contribution in [0.5, 0.6) is 0 Å². The van der Waals surface area contributed by atoms with Crippen molar-refractivity contribution < 1.29 is 33.6 Å². The first-order valence-electron chi connectivity index (χ1n) is 7.74. The van der Waals surface area contributed by atoms with Crippen molar-refractivity contribution in [2.24, 2.45) is 5.92 Å². The number of alkyl carbamates (subject to hydrolysis) is 1. The number of hydrogen-bond acceptors (Lipinski definition) is 6. The van der Waals surface area contributed by atoms with E-state index in [0.29, 0.717) is 6.42 Å². The van der Waals surface area contributed by atoms with Gasteiger partial charge in [-0.1, -0.05) is 27.2 Å². The Morgan fingerprint density at radius 1 is 1.22 bits per heavy atom. The van der Waals surface area contributed by atoms with Gasteiger partial charge >= 0.3 is 12.1 Å². The smallest absolute Gasteiger partial charge is 0.410 e. The van der Waals surface area contributed by atoms with Gasteiger partial charge in [-0.2, -0.15) is 0 Å². The van der Waals surface area contributed by atoms with Crippen molar-refractivity contribution in [1.82, 2.24) is 5.32 Å². The summed E-state index contributed by atoms with van der Waals surface area (Å²) in [6.45, 7) is 6.57. The highest BCUT2D eigenvalue weighted by atomic mass is 31.2. The molecule has 1 unspecified atom stereocenters. The Bertz CT molecular complexity index is 427. The zero-order valence-electron chi connectivity index (χ0n) is 14.2. The molecule has 1 amide bonds. The van der Waals surface area contributed by atoms with Crippen molar-refractivity contribution in [3.8, 4) is 0 Å². The average molecular weight is 353 g/mol. The lowest BCUT2D eigenvalue weighted by molar-refractivity contribution is -0.168. The van der Waals surface area contributed by atoms with Crippen LogP contribution < -0.4 is 5.32 Å². The van der Waals surface area contributed by atoms with Gasteiger partial charge in [-0.15, -0.1) is 0 Å². The van der Waals surface area contributed by atoms with E-state index in [9.17, 15) is 24.2 Å². The van der Waals surface area contributed by atoms with E-state index in [2.05, 4.69) is 5.32 Å². The van der Waals surface area contributed by atoms with E-state index < -0.39 is 31.6 Å². The number of aliphatic hydroxyl groups is 1. The van der Waals surface area contributed by atoms with Crippen molar-refractivity contribution in [2.45, 2.75) is 59.1 Å². The van der Waals surface area contributed by atoms with Gasteiger partial charge in [-0.05, 0) is 6.42 Å². The van der Waals surface area contributed by atoms with Crippen LogP contribution in [-0.2, 0) is 18.8 Å². The normalized spacial score (nSPS) is 16.3. The Labute approximate surface area is 137 Å². The van der Waals surface area contributed by atoms with Gasteiger partial charge in [0.2, 0.25) is 13.7 Å². The van der Waals surface area contributed by atoms with Crippen LogP contribution in [0.2, 0.25) is 0 Å². The fourth-order valence-corrected chi connectivity index (χ4v) is 3.15. The van der Waals surface area contributed by atoms with E-state index in [1.54, 1.807) is 13.8 Å². The van der Waals surface area contributed by atoms with Crippen LogP contribution in [-0.4, -0.2) is 46.9 Å². The van der Waals surface area contributed by atoms with Crippen LogP contribution in [0.3, 0.4) is 0 Å². The molecule has 0 heterocycles. The molecule has 0 aromatic carbocycles. The molecule has 0 fully saturated rings. The Kier molecular flexibility index (Phi) is 10.1. The first-order valence-corrected chi connectivity index (χ1v) is 9.66. The lowest BCUT2D eigenvalue weighted by Crippen LogP contribution is -2.32. The summed E-state index contributed by atoms with van der Waals surface area (Å²) >= 11 is 0. The van der Waals surface area contributed by atoms with Gasteiger partial charge in [0, 0.05) is 26.1 Å². The van der Waals surface area contributed by atoms with E-state index in [4.69, 9.17) is 9.47 Å². The quantitative estimate of drug-likeness (QED) is 0.312. The van der Waals surface area contributed by atoms with Crippen molar-refractivity contribution in [2.75, 3.05) is 12.7 Å². The molecule has 0 rings (SSSR count). The number of aliphatic hydroxyl groups excluding tert-OH is 1. The number of carbonyl (C=O) groups is 2. The third-order valence-corrected chi connectivity index (χ3v) is 5.14. The average Bonchev–Trinajstić information content (AvgIpc) is 2.44. The Hall–Kier alpha value is -1.11. The third kappa shape index (κ3) is 9.58. The molecule has 136 valence electrons. The Morgan fingerprint density at radius 2 is 1.83 bits per heavy atom. The number of rotatable bonds is 10. The highest BCUT2D eigenvalue weighted by Crippen LogP contribution is 2.46. The van der Waals surface area contributed by atoms with Crippen molar-refractivity contribution in [1.29, 1.82) is 0 Å². The fraction of sp³-hybridized carbons (Fsp3) is 0.857. The summed E-state index contributed by atoms with van der Waals surface area (Å²) in [5, 5.41) is 12.0. The number of carbonyl (C=O) groups excluding carboxylic acids is 2. The van der Waals surface area contributed by atoms with Gasteiger partial charge in [-0.3, -0.25) is 9.36 Å². The maximum absolute atomic E-state index is 11.8. The topological polar surface area (TPSA) is 122 Å². The Morgan fingerprint density at radius 3 is 2.35 bits per heavy atom. The van der Waals surface area contributed by atoms with Gasteiger partial charge in [0.25, 0.3) is 0 Å². The minimum atomic E-state index is -3.62. The summed E-state index contributed by atoms with van der Waals surface area (Å²) in [5.41, 5.74) is 0. The van der Waals surface area contributed by atoms with Gasteiger partial charge in [0.05, 0.1) is 5.92 Å². The summed E-state index contributed by atoms with van der Waals surface area (Å²) in [4.78, 5) is 32.5. The highest BCUT2D eigenvalue weighted by molar-refractivity contribution is 7.58. The predicted octanol–water partition coefficient (Wildman–Crippen LogP) is 2.04. The minimum Gasteiger partial charge on any atom is -0.425 e. The van der Waals surface area contributed by atoms with Crippen molar-refractivity contribution in [3.63, 3.8) is 0 Å². The zero-order chi connectivity index (χ0) is 18.0. The maximum atomic E-state index is 11.8. The summed E-state index contributed by atoms with van der Waals surface area (Å²) in [6, 6.07) is 0. The highest BCUT2D eigenvalue weighted by Gasteiger charge is 2.28. The molecular weight excluding hydrogens is 325 g/mol. The molecule has 3 N–H and O–H groups in total. The number of amides is 1. The number of ether oxygens (including phenoxy) is 2. The molecule has 0 aromatic heterocycles. The van der Waals surface area contributed by atoms with Crippen LogP contribution in [0.1, 0.15) is 47.0 Å². The van der Waals surface area contributed by atoms with E-state index in [0.717, 1.165) is 6.42 Å². The van der Waals surface area contributed by atoms with Gasteiger partial charge in [0.1, 0.15) is 5.85 Å². The summed E-state index contributed by atoms with van der Waals surface area (Å²) in [5.74, 6) is -2.20. The lowest BCUT2D eigenvalue weighted by atomic mass is 10.2. The minimum absolute atomic E-state index is 0.0263.